The molecule has 0 saturated heterocycles. The molecule has 0 radical (unpaired) electrons. The molecular weight excluding hydrogens is 320 g/mol. The molecule has 0 aliphatic heterocycles. The Morgan fingerprint density at radius 3 is 2.30 bits per heavy atom. The molecule has 8 heteroatoms. The SMILES string of the molecule is CCOc1ccc(NC(=O)C(CCS(C)(=O)=O)NC(C)=O)cc1. The zero-order chi connectivity index (χ0) is 17.5. The third-order valence-electron chi connectivity index (χ3n) is 2.90. The minimum Gasteiger partial charge on any atom is -0.494 e. The van der Waals surface area contributed by atoms with E-state index < -0.39 is 27.7 Å². The van der Waals surface area contributed by atoms with Crippen molar-refractivity contribution in [1.29, 1.82) is 0 Å². The van der Waals surface area contributed by atoms with Crippen molar-refractivity contribution in [2.45, 2.75) is 26.3 Å². The van der Waals surface area contributed by atoms with E-state index in [1.165, 1.54) is 6.92 Å². The number of amides is 2. The maximum absolute atomic E-state index is 12.2. The van der Waals surface area contributed by atoms with Gasteiger partial charge in [0.15, 0.2) is 0 Å². The Morgan fingerprint density at radius 2 is 1.83 bits per heavy atom. The van der Waals surface area contributed by atoms with Crippen molar-refractivity contribution in [2.75, 3.05) is 23.9 Å². The highest BCUT2D eigenvalue weighted by Crippen LogP contribution is 2.16. The number of carbonyl (C=O) groups is 2. The summed E-state index contributed by atoms with van der Waals surface area (Å²) in [6, 6.07) is 5.86. The summed E-state index contributed by atoms with van der Waals surface area (Å²) in [5.74, 6) is -0.367. The van der Waals surface area contributed by atoms with E-state index >= 15 is 0 Å². The zero-order valence-corrected chi connectivity index (χ0v) is 14.3. The molecule has 23 heavy (non-hydrogen) atoms. The van der Waals surface area contributed by atoms with Gasteiger partial charge in [0.2, 0.25) is 11.8 Å². The molecule has 7 nitrogen and oxygen atoms in total. The van der Waals surface area contributed by atoms with E-state index in [4.69, 9.17) is 4.74 Å². The van der Waals surface area contributed by atoms with Crippen molar-refractivity contribution in [2.24, 2.45) is 0 Å². The monoisotopic (exact) mass is 342 g/mol. The fraction of sp³-hybridized carbons (Fsp3) is 0.467. The van der Waals surface area contributed by atoms with Gasteiger partial charge in [-0.15, -0.1) is 0 Å². The van der Waals surface area contributed by atoms with Crippen LogP contribution in [-0.4, -0.2) is 44.9 Å². The third kappa shape index (κ3) is 7.64. The first-order chi connectivity index (χ1) is 10.7. The predicted molar refractivity (Wildman–Crippen MR) is 88.2 cm³/mol. The normalized spacial score (nSPS) is 12.3. The molecule has 0 aromatic heterocycles. The molecule has 0 aliphatic rings. The van der Waals surface area contributed by atoms with E-state index in [1.54, 1.807) is 24.3 Å². The molecule has 1 atom stereocenters. The van der Waals surface area contributed by atoms with Crippen LogP contribution in [0.1, 0.15) is 20.3 Å². The Labute approximate surface area is 136 Å². The fourth-order valence-electron chi connectivity index (χ4n) is 1.88. The molecule has 0 bridgehead atoms. The van der Waals surface area contributed by atoms with E-state index in [1.807, 2.05) is 6.92 Å². The van der Waals surface area contributed by atoms with Crippen LogP contribution >= 0.6 is 0 Å². The molecule has 2 N–H and O–H groups in total. The van der Waals surface area contributed by atoms with Crippen molar-refractivity contribution < 1.29 is 22.7 Å². The van der Waals surface area contributed by atoms with Gasteiger partial charge in [0.1, 0.15) is 21.6 Å². The summed E-state index contributed by atoms with van der Waals surface area (Å²) >= 11 is 0. The molecule has 0 aliphatic carbocycles. The summed E-state index contributed by atoms with van der Waals surface area (Å²) in [5, 5.41) is 5.11. The fourth-order valence-corrected chi connectivity index (χ4v) is 2.54. The van der Waals surface area contributed by atoms with Gasteiger partial charge in [0.25, 0.3) is 0 Å². The Morgan fingerprint density at radius 1 is 1.22 bits per heavy atom. The summed E-state index contributed by atoms with van der Waals surface area (Å²) in [6.07, 6.45) is 1.10. The van der Waals surface area contributed by atoms with Gasteiger partial charge in [-0.05, 0) is 37.6 Å². The maximum Gasteiger partial charge on any atom is 0.246 e. The van der Waals surface area contributed by atoms with E-state index in [0.717, 1.165) is 6.26 Å². The van der Waals surface area contributed by atoms with Crippen molar-refractivity contribution in [3.8, 4) is 5.75 Å². The van der Waals surface area contributed by atoms with Gasteiger partial charge in [0, 0.05) is 18.9 Å². The molecule has 1 rings (SSSR count). The number of benzene rings is 1. The highest BCUT2D eigenvalue weighted by atomic mass is 32.2. The number of nitrogens with one attached hydrogen (secondary N) is 2. The number of anilines is 1. The largest absolute Gasteiger partial charge is 0.494 e. The van der Waals surface area contributed by atoms with Crippen LogP contribution in [0.3, 0.4) is 0 Å². The van der Waals surface area contributed by atoms with E-state index in [9.17, 15) is 18.0 Å². The van der Waals surface area contributed by atoms with Gasteiger partial charge < -0.3 is 15.4 Å². The van der Waals surface area contributed by atoms with Crippen LogP contribution in [0.25, 0.3) is 0 Å². The standard InChI is InChI=1S/C15H22N2O5S/c1-4-22-13-7-5-12(6-8-13)17-15(19)14(16-11(2)18)9-10-23(3,20)21/h5-8,14H,4,9-10H2,1-3H3,(H,16,18)(H,17,19). The summed E-state index contributed by atoms with van der Waals surface area (Å²) in [4.78, 5) is 23.4. The van der Waals surface area contributed by atoms with Crippen molar-refractivity contribution in [1.82, 2.24) is 5.32 Å². The first kappa shape index (κ1) is 19.0. The molecule has 0 heterocycles. The van der Waals surface area contributed by atoms with E-state index in [2.05, 4.69) is 10.6 Å². The number of carbonyl (C=O) groups excluding carboxylic acids is 2. The summed E-state index contributed by atoms with van der Waals surface area (Å²) in [7, 11) is -3.22. The lowest BCUT2D eigenvalue weighted by molar-refractivity contribution is -0.125. The third-order valence-corrected chi connectivity index (χ3v) is 3.88. The first-order valence-corrected chi connectivity index (χ1v) is 9.26. The maximum atomic E-state index is 12.2. The van der Waals surface area contributed by atoms with Crippen LogP contribution in [0, 0.1) is 0 Å². The number of sulfone groups is 1. The second-order valence-electron chi connectivity index (χ2n) is 5.12. The summed E-state index contributed by atoms with van der Waals surface area (Å²) < 4.78 is 27.8. The molecule has 1 unspecified atom stereocenters. The van der Waals surface area contributed by atoms with Gasteiger partial charge in [-0.2, -0.15) is 0 Å². The molecule has 0 saturated carbocycles. The Bertz CT molecular complexity index is 640. The predicted octanol–water partition coefficient (Wildman–Crippen LogP) is 0.963. The minimum absolute atomic E-state index is 0.0152. The minimum atomic E-state index is -3.22. The molecular formula is C15H22N2O5S. The Hall–Kier alpha value is -2.09. The van der Waals surface area contributed by atoms with Gasteiger partial charge >= 0.3 is 0 Å². The van der Waals surface area contributed by atoms with Crippen LogP contribution in [0.4, 0.5) is 5.69 Å². The number of hydrogen-bond donors (Lipinski definition) is 2. The molecule has 1 aromatic rings. The number of hydrogen-bond acceptors (Lipinski definition) is 5. The lowest BCUT2D eigenvalue weighted by atomic mass is 10.2. The van der Waals surface area contributed by atoms with Crippen LogP contribution in [-0.2, 0) is 19.4 Å². The molecule has 0 fully saturated rings. The molecule has 2 amide bonds. The Kier molecular flexibility index (Phi) is 7.02. The van der Waals surface area contributed by atoms with Crippen LogP contribution in [0.2, 0.25) is 0 Å². The van der Waals surface area contributed by atoms with Crippen LogP contribution in [0.5, 0.6) is 5.75 Å². The van der Waals surface area contributed by atoms with Gasteiger partial charge in [0.05, 0.1) is 12.4 Å². The van der Waals surface area contributed by atoms with Crippen LogP contribution in [0.15, 0.2) is 24.3 Å². The quantitative estimate of drug-likeness (QED) is 0.733. The summed E-state index contributed by atoms with van der Waals surface area (Å²) in [6.45, 7) is 3.69. The van der Waals surface area contributed by atoms with E-state index in [-0.39, 0.29) is 12.2 Å². The van der Waals surface area contributed by atoms with E-state index in [0.29, 0.717) is 18.0 Å². The lowest BCUT2D eigenvalue weighted by Gasteiger charge is -2.17. The lowest BCUT2D eigenvalue weighted by Crippen LogP contribution is -2.43. The molecule has 1 aromatic carbocycles. The topological polar surface area (TPSA) is 102 Å². The second-order valence-corrected chi connectivity index (χ2v) is 7.38. The highest BCUT2D eigenvalue weighted by molar-refractivity contribution is 7.90. The zero-order valence-electron chi connectivity index (χ0n) is 13.5. The average Bonchev–Trinajstić information content (AvgIpc) is 2.44. The number of rotatable bonds is 8. The first-order valence-electron chi connectivity index (χ1n) is 7.20. The van der Waals surface area contributed by atoms with Crippen molar-refractivity contribution in [3.63, 3.8) is 0 Å². The van der Waals surface area contributed by atoms with Crippen molar-refractivity contribution in [3.05, 3.63) is 24.3 Å². The van der Waals surface area contributed by atoms with Gasteiger partial charge in [-0.25, -0.2) is 8.42 Å². The van der Waals surface area contributed by atoms with Crippen LogP contribution < -0.4 is 15.4 Å². The van der Waals surface area contributed by atoms with Gasteiger partial charge in [-0.3, -0.25) is 9.59 Å². The van der Waals surface area contributed by atoms with Crippen molar-refractivity contribution >= 4 is 27.3 Å². The molecule has 0 spiro atoms. The van der Waals surface area contributed by atoms with Gasteiger partial charge in [-0.1, -0.05) is 0 Å². The molecule has 128 valence electrons. The number of ether oxygens (including phenoxy) is 1. The Balaban J connectivity index is 2.73. The smallest absolute Gasteiger partial charge is 0.246 e. The summed E-state index contributed by atoms with van der Waals surface area (Å²) in [5.41, 5.74) is 0.535. The second kappa shape index (κ2) is 8.52. The highest BCUT2D eigenvalue weighted by Gasteiger charge is 2.21. The average molecular weight is 342 g/mol.